The second-order valence-electron chi connectivity index (χ2n) is 3.80. The molecule has 0 unspecified atom stereocenters. The number of pyridine rings is 1. The van der Waals surface area contributed by atoms with Crippen LogP contribution in [0.25, 0.3) is 0 Å². The molecule has 3 nitrogen and oxygen atoms in total. The van der Waals surface area contributed by atoms with Gasteiger partial charge < -0.3 is 4.90 Å². The van der Waals surface area contributed by atoms with Crippen LogP contribution in [0.2, 0.25) is 0 Å². The summed E-state index contributed by atoms with van der Waals surface area (Å²) in [7, 11) is 3.47. The van der Waals surface area contributed by atoms with Crippen molar-refractivity contribution < 1.29 is 4.79 Å². The molecular weight excluding hydrogens is 176 g/mol. The SMILES string of the molecule is CC(C)c1cccnc1C(=O)N(C)C. The third kappa shape index (κ3) is 2.10. The van der Waals surface area contributed by atoms with Gasteiger partial charge in [0.1, 0.15) is 5.69 Å². The number of hydrogen-bond acceptors (Lipinski definition) is 2. The molecule has 1 aromatic rings. The van der Waals surface area contributed by atoms with E-state index < -0.39 is 0 Å². The van der Waals surface area contributed by atoms with Crippen molar-refractivity contribution in [2.24, 2.45) is 0 Å². The predicted octanol–water partition coefficient (Wildman–Crippen LogP) is 1.91. The summed E-state index contributed by atoms with van der Waals surface area (Å²) in [5.74, 6) is 0.289. The van der Waals surface area contributed by atoms with Gasteiger partial charge in [-0.2, -0.15) is 0 Å². The van der Waals surface area contributed by atoms with Crippen molar-refractivity contribution in [2.75, 3.05) is 14.1 Å². The second-order valence-corrected chi connectivity index (χ2v) is 3.80. The molecule has 76 valence electrons. The lowest BCUT2D eigenvalue weighted by molar-refractivity contribution is 0.0820. The fourth-order valence-electron chi connectivity index (χ4n) is 1.27. The molecule has 0 N–H and O–H groups in total. The van der Waals surface area contributed by atoms with Crippen LogP contribution in [0.3, 0.4) is 0 Å². The molecule has 0 fully saturated rings. The smallest absolute Gasteiger partial charge is 0.272 e. The molecule has 1 amide bonds. The van der Waals surface area contributed by atoms with Crippen LogP contribution in [0.4, 0.5) is 0 Å². The summed E-state index contributed by atoms with van der Waals surface area (Å²) in [5.41, 5.74) is 1.57. The van der Waals surface area contributed by atoms with Gasteiger partial charge in [-0.1, -0.05) is 19.9 Å². The number of hydrogen-bond donors (Lipinski definition) is 0. The molecule has 0 radical (unpaired) electrons. The Labute approximate surface area is 84.8 Å². The molecule has 1 heterocycles. The first-order valence-corrected chi connectivity index (χ1v) is 4.70. The van der Waals surface area contributed by atoms with E-state index in [0.717, 1.165) is 5.56 Å². The zero-order valence-corrected chi connectivity index (χ0v) is 9.11. The highest BCUT2D eigenvalue weighted by Gasteiger charge is 2.15. The standard InChI is InChI=1S/C11H16N2O/c1-8(2)9-6-5-7-12-10(9)11(14)13(3)4/h5-8H,1-4H3. The van der Waals surface area contributed by atoms with Gasteiger partial charge in [0.15, 0.2) is 0 Å². The van der Waals surface area contributed by atoms with Gasteiger partial charge in [0.25, 0.3) is 5.91 Å². The first kappa shape index (κ1) is 10.7. The van der Waals surface area contributed by atoms with Crippen molar-refractivity contribution in [2.45, 2.75) is 19.8 Å². The first-order chi connectivity index (χ1) is 6.54. The Balaban J connectivity index is 3.13. The Morgan fingerprint density at radius 3 is 2.57 bits per heavy atom. The number of carbonyl (C=O) groups is 1. The molecule has 1 rings (SSSR count). The van der Waals surface area contributed by atoms with E-state index in [-0.39, 0.29) is 5.91 Å². The largest absolute Gasteiger partial charge is 0.343 e. The highest BCUT2D eigenvalue weighted by atomic mass is 16.2. The molecule has 1 aromatic heterocycles. The Hall–Kier alpha value is -1.38. The number of rotatable bonds is 2. The average molecular weight is 192 g/mol. The number of amides is 1. The van der Waals surface area contributed by atoms with Crippen molar-refractivity contribution in [1.82, 2.24) is 9.88 Å². The second kappa shape index (κ2) is 4.22. The highest BCUT2D eigenvalue weighted by Crippen LogP contribution is 2.17. The van der Waals surface area contributed by atoms with Crippen LogP contribution in [-0.4, -0.2) is 29.9 Å². The predicted molar refractivity (Wildman–Crippen MR) is 56.3 cm³/mol. The van der Waals surface area contributed by atoms with E-state index in [2.05, 4.69) is 18.8 Å². The molecule has 0 saturated carbocycles. The summed E-state index contributed by atoms with van der Waals surface area (Å²) >= 11 is 0. The third-order valence-electron chi connectivity index (χ3n) is 2.07. The van der Waals surface area contributed by atoms with Crippen LogP contribution in [-0.2, 0) is 0 Å². The molecule has 0 aliphatic heterocycles. The molecule has 0 saturated heterocycles. The normalized spacial score (nSPS) is 10.4. The van der Waals surface area contributed by atoms with Crippen LogP contribution in [0, 0.1) is 0 Å². The minimum atomic E-state index is -0.0331. The fourth-order valence-corrected chi connectivity index (χ4v) is 1.27. The molecule has 0 atom stereocenters. The number of carbonyl (C=O) groups excluding carboxylic acids is 1. The highest BCUT2D eigenvalue weighted by molar-refractivity contribution is 5.93. The van der Waals surface area contributed by atoms with Crippen molar-refractivity contribution in [1.29, 1.82) is 0 Å². The van der Waals surface area contributed by atoms with Crippen LogP contribution >= 0.6 is 0 Å². The van der Waals surface area contributed by atoms with E-state index in [0.29, 0.717) is 11.6 Å². The fraction of sp³-hybridized carbons (Fsp3) is 0.455. The summed E-state index contributed by atoms with van der Waals surface area (Å²) in [4.78, 5) is 17.4. The molecule has 0 bridgehead atoms. The zero-order valence-electron chi connectivity index (χ0n) is 9.11. The maximum absolute atomic E-state index is 11.7. The third-order valence-corrected chi connectivity index (χ3v) is 2.07. The molecule has 0 spiro atoms. The Kier molecular flexibility index (Phi) is 3.23. The number of nitrogens with zero attached hydrogens (tertiary/aromatic N) is 2. The van der Waals surface area contributed by atoms with Gasteiger partial charge in [-0.05, 0) is 17.5 Å². The molecular formula is C11H16N2O. The summed E-state index contributed by atoms with van der Waals surface area (Å²) in [6, 6.07) is 3.82. The minimum Gasteiger partial charge on any atom is -0.343 e. The molecule has 0 aromatic carbocycles. The Morgan fingerprint density at radius 2 is 2.07 bits per heavy atom. The maximum atomic E-state index is 11.7. The van der Waals surface area contributed by atoms with Crippen molar-refractivity contribution in [3.63, 3.8) is 0 Å². The van der Waals surface area contributed by atoms with Gasteiger partial charge in [0.2, 0.25) is 0 Å². The number of aromatic nitrogens is 1. The topological polar surface area (TPSA) is 33.2 Å². The van der Waals surface area contributed by atoms with Crippen LogP contribution in [0.1, 0.15) is 35.8 Å². The lowest BCUT2D eigenvalue weighted by atomic mass is 10.0. The minimum absolute atomic E-state index is 0.0331. The summed E-state index contributed by atoms with van der Waals surface area (Å²) in [6.45, 7) is 4.12. The zero-order chi connectivity index (χ0) is 10.7. The van der Waals surface area contributed by atoms with E-state index in [1.54, 1.807) is 25.2 Å². The quantitative estimate of drug-likeness (QED) is 0.717. The monoisotopic (exact) mass is 192 g/mol. The van der Waals surface area contributed by atoms with Gasteiger partial charge >= 0.3 is 0 Å². The Bertz CT molecular complexity index is 332. The van der Waals surface area contributed by atoms with E-state index in [9.17, 15) is 4.79 Å². The van der Waals surface area contributed by atoms with Gasteiger partial charge in [-0.15, -0.1) is 0 Å². The molecule has 0 aliphatic carbocycles. The lowest BCUT2D eigenvalue weighted by Crippen LogP contribution is -2.24. The van der Waals surface area contributed by atoms with Crippen molar-refractivity contribution in [3.8, 4) is 0 Å². The van der Waals surface area contributed by atoms with Gasteiger partial charge in [0.05, 0.1) is 0 Å². The van der Waals surface area contributed by atoms with Gasteiger partial charge in [-0.25, -0.2) is 0 Å². The van der Waals surface area contributed by atoms with E-state index >= 15 is 0 Å². The van der Waals surface area contributed by atoms with Gasteiger partial charge in [-0.3, -0.25) is 9.78 Å². The van der Waals surface area contributed by atoms with Crippen LogP contribution < -0.4 is 0 Å². The first-order valence-electron chi connectivity index (χ1n) is 4.70. The van der Waals surface area contributed by atoms with E-state index in [4.69, 9.17) is 0 Å². The van der Waals surface area contributed by atoms with Crippen molar-refractivity contribution >= 4 is 5.91 Å². The van der Waals surface area contributed by atoms with Crippen LogP contribution in [0.15, 0.2) is 18.3 Å². The lowest BCUT2D eigenvalue weighted by Gasteiger charge is -2.14. The summed E-state index contributed by atoms with van der Waals surface area (Å²) in [5, 5.41) is 0. The molecule has 3 heteroatoms. The average Bonchev–Trinajstić information content (AvgIpc) is 2.16. The van der Waals surface area contributed by atoms with E-state index in [1.165, 1.54) is 0 Å². The molecule has 0 aliphatic rings. The summed E-state index contributed by atoms with van der Waals surface area (Å²) < 4.78 is 0. The maximum Gasteiger partial charge on any atom is 0.272 e. The van der Waals surface area contributed by atoms with Crippen molar-refractivity contribution in [3.05, 3.63) is 29.6 Å². The van der Waals surface area contributed by atoms with Gasteiger partial charge in [0, 0.05) is 20.3 Å². The molecule has 14 heavy (non-hydrogen) atoms. The summed E-state index contributed by atoms with van der Waals surface area (Å²) in [6.07, 6.45) is 1.66. The van der Waals surface area contributed by atoms with E-state index in [1.807, 2.05) is 12.1 Å². The Morgan fingerprint density at radius 1 is 1.43 bits per heavy atom. The van der Waals surface area contributed by atoms with Crippen LogP contribution in [0.5, 0.6) is 0 Å².